The van der Waals surface area contributed by atoms with Crippen LogP contribution in [0.25, 0.3) is 0 Å². The molecule has 0 bridgehead atoms. The Hall–Kier alpha value is -1.89. The standard InChI is InChI=1S/C9H6FNO2/c10-9-7(4-2-6-11-9)3-1-5-8(12)13/h2,4,6H,5H2,(H,12,13). The summed E-state index contributed by atoms with van der Waals surface area (Å²) in [6, 6.07) is 2.98. The number of rotatable bonds is 1. The van der Waals surface area contributed by atoms with Gasteiger partial charge in [0.05, 0.1) is 5.56 Å². The zero-order valence-corrected chi connectivity index (χ0v) is 6.62. The maximum atomic E-state index is 12.8. The molecule has 0 aromatic carbocycles. The Morgan fingerprint density at radius 1 is 1.69 bits per heavy atom. The van der Waals surface area contributed by atoms with E-state index < -0.39 is 11.9 Å². The number of nitrogens with zero attached hydrogens (tertiary/aromatic N) is 1. The van der Waals surface area contributed by atoms with Gasteiger partial charge in [0.2, 0.25) is 5.95 Å². The molecule has 0 amide bonds. The normalized spacial score (nSPS) is 8.69. The summed E-state index contributed by atoms with van der Waals surface area (Å²) >= 11 is 0. The fraction of sp³-hybridized carbons (Fsp3) is 0.111. The lowest BCUT2D eigenvalue weighted by Gasteiger charge is -1.89. The number of carboxylic acid groups (broad SMARTS) is 1. The number of hydrogen-bond acceptors (Lipinski definition) is 2. The van der Waals surface area contributed by atoms with Crippen LogP contribution in [0.1, 0.15) is 12.0 Å². The van der Waals surface area contributed by atoms with Crippen LogP contribution in [0.15, 0.2) is 18.3 Å². The first-order valence-electron chi connectivity index (χ1n) is 3.51. The first-order chi connectivity index (χ1) is 6.20. The minimum atomic E-state index is -1.03. The van der Waals surface area contributed by atoms with Crippen molar-refractivity contribution in [2.45, 2.75) is 6.42 Å². The quantitative estimate of drug-likeness (QED) is 0.517. The third-order valence-corrected chi connectivity index (χ3v) is 1.22. The molecule has 3 nitrogen and oxygen atoms in total. The monoisotopic (exact) mass is 179 g/mol. The van der Waals surface area contributed by atoms with Crippen LogP contribution < -0.4 is 0 Å². The van der Waals surface area contributed by atoms with Crippen LogP contribution in [0, 0.1) is 17.8 Å². The molecule has 13 heavy (non-hydrogen) atoms. The molecular formula is C9H6FNO2. The topological polar surface area (TPSA) is 50.2 Å². The van der Waals surface area contributed by atoms with Gasteiger partial charge in [0, 0.05) is 6.20 Å². The van der Waals surface area contributed by atoms with Gasteiger partial charge in [-0.25, -0.2) is 4.98 Å². The Bertz CT molecular complexity index is 379. The Labute approximate surface area is 74.2 Å². The molecule has 4 heteroatoms. The first kappa shape index (κ1) is 9.20. The molecule has 0 atom stereocenters. The second-order valence-electron chi connectivity index (χ2n) is 2.21. The number of aliphatic carboxylic acids is 1. The van der Waals surface area contributed by atoms with E-state index in [2.05, 4.69) is 16.8 Å². The van der Waals surface area contributed by atoms with Crippen molar-refractivity contribution >= 4 is 5.97 Å². The van der Waals surface area contributed by atoms with Crippen LogP contribution in [0.4, 0.5) is 4.39 Å². The van der Waals surface area contributed by atoms with Crippen molar-refractivity contribution in [3.63, 3.8) is 0 Å². The van der Waals surface area contributed by atoms with Gasteiger partial charge in [-0.15, -0.1) is 0 Å². The van der Waals surface area contributed by atoms with Gasteiger partial charge in [-0.05, 0) is 12.1 Å². The van der Waals surface area contributed by atoms with Gasteiger partial charge in [-0.2, -0.15) is 4.39 Å². The fourth-order valence-corrected chi connectivity index (χ4v) is 0.694. The summed E-state index contributed by atoms with van der Waals surface area (Å²) in [6.07, 6.45) is 1.01. The molecule has 0 fully saturated rings. The summed E-state index contributed by atoms with van der Waals surface area (Å²) in [4.78, 5) is 13.4. The average molecular weight is 179 g/mol. The molecule has 0 saturated heterocycles. The lowest BCUT2D eigenvalue weighted by Crippen LogP contribution is -1.91. The van der Waals surface area contributed by atoms with E-state index in [4.69, 9.17) is 5.11 Å². The van der Waals surface area contributed by atoms with Crippen LogP contribution in [0.2, 0.25) is 0 Å². The zero-order chi connectivity index (χ0) is 9.68. The van der Waals surface area contributed by atoms with E-state index in [0.717, 1.165) is 0 Å². The van der Waals surface area contributed by atoms with Gasteiger partial charge in [0.1, 0.15) is 6.42 Å². The number of hydrogen-bond donors (Lipinski definition) is 1. The molecule has 0 saturated carbocycles. The minimum Gasteiger partial charge on any atom is -0.481 e. The van der Waals surface area contributed by atoms with E-state index in [1.807, 2.05) is 0 Å². The van der Waals surface area contributed by atoms with E-state index in [-0.39, 0.29) is 12.0 Å². The number of pyridine rings is 1. The second kappa shape index (κ2) is 4.21. The Morgan fingerprint density at radius 2 is 2.46 bits per heavy atom. The van der Waals surface area contributed by atoms with E-state index >= 15 is 0 Å². The van der Waals surface area contributed by atoms with E-state index in [1.165, 1.54) is 18.3 Å². The molecule has 1 aromatic rings. The van der Waals surface area contributed by atoms with Gasteiger partial charge in [-0.3, -0.25) is 4.79 Å². The summed E-state index contributed by atoms with van der Waals surface area (Å²) in [5.41, 5.74) is 0.115. The van der Waals surface area contributed by atoms with Gasteiger partial charge in [0.25, 0.3) is 0 Å². The predicted molar refractivity (Wildman–Crippen MR) is 43.3 cm³/mol. The molecule has 0 spiro atoms. The van der Waals surface area contributed by atoms with Crippen molar-refractivity contribution in [3.8, 4) is 11.8 Å². The van der Waals surface area contributed by atoms with Crippen LogP contribution in [-0.2, 0) is 4.79 Å². The molecule has 1 aromatic heterocycles. The number of aromatic nitrogens is 1. The lowest BCUT2D eigenvalue weighted by molar-refractivity contribution is -0.135. The maximum absolute atomic E-state index is 12.8. The molecule has 0 radical (unpaired) electrons. The Kier molecular flexibility index (Phi) is 2.98. The molecule has 66 valence electrons. The van der Waals surface area contributed by atoms with Crippen molar-refractivity contribution in [1.82, 2.24) is 4.98 Å². The number of carbonyl (C=O) groups is 1. The number of carboxylic acids is 1. The largest absolute Gasteiger partial charge is 0.481 e. The molecule has 0 aliphatic carbocycles. The summed E-state index contributed by atoms with van der Waals surface area (Å²) < 4.78 is 12.8. The lowest BCUT2D eigenvalue weighted by atomic mass is 10.3. The minimum absolute atomic E-state index is 0.115. The van der Waals surface area contributed by atoms with Crippen molar-refractivity contribution < 1.29 is 14.3 Å². The highest BCUT2D eigenvalue weighted by Crippen LogP contribution is 1.99. The molecule has 1 N–H and O–H groups in total. The van der Waals surface area contributed by atoms with E-state index in [9.17, 15) is 9.18 Å². The third-order valence-electron chi connectivity index (χ3n) is 1.22. The van der Waals surface area contributed by atoms with Crippen molar-refractivity contribution in [1.29, 1.82) is 0 Å². The van der Waals surface area contributed by atoms with Gasteiger partial charge in [0.15, 0.2) is 0 Å². The summed E-state index contributed by atoms with van der Waals surface area (Å²) in [5.74, 6) is 2.98. The third kappa shape index (κ3) is 2.91. The molecule has 0 unspecified atom stereocenters. The van der Waals surface area contributed by atoms with Crippen LogP contribution in [-0.4, -0.2) is 16.1 Å². The SMILES string of the molecule is O=C(O)CC#Cc1cccnc1F. The highest BCUT2D eigenvalue weighted by molar-refractivity contribution is 5.70. The number of halogens is 1. The second-order valence-corrected chi connectivity index (χ2v) is 2.21. The highest BCUT2D eigenvalue weighted by Gasteiger charge is 1.96. The summed E-state index contributed by atoms with van der Waals surface area (Å²) in [6.45, 7) is 0. The fourth-order valence-electron chi connectivity index (χ4n) is 0.694. The van der Waals surface area contributed by atoms with Crippen LogP contribution in [0.3, 0.4) is 0 Å². The van der Waals surface area contributed by atoms with Crippen LogP contribution in [0.5, 0.6) is 0 Å². The Morgan fingerprint density at radius 3 is 3.08 bits per heavy atom. The molecule has 1 rings (SSSR count). The first-order valence-corrected chi connectivity index (χ1v) is 3.51. The van der Waals surface area contributed by atoms with Crippen molar-refractivity contribution in [3.05, 3.63) is 29.8 Å². The van der Waals surface area contributed by atoms with Crippen molar-refractivity contribution in [2.24, 2.45) is 0 Å². The Balaban J connectivity index is 2.77. The van der Waals surface area contributed by atoms with Gasteiger partial charge >= 0.3 is 5.97 Å². The van der Waals surface area contributed by atoms with Gasteiger partial charge in [-0.1, -0.05) is 11.8 Å². The van der Waals surface area contributed by atoms with Crippen molar-refractivity contribution in [2.75, 3.05) is 0 Å². The summed E-state index contributed by atoms with van der Waals surface area (Å²) in [7, 11) is 0. The molecule has 1 heterocycles. The van der Waals surface area contributed by atoms with Crippen LogP contribution >= 0.6 is 0 Å². The van der Waals surface area contributed by atoms with Gasteiger partial charge < -0.3 is 5.11 Å². The van der Waals surface area contributed by atoms with E-state index in [0.29, 0.717) is 0 Å². The summed E-state index contributed by atoms with van der Waals surface area (Å²) in [5, 5.41) is 8.25. The zero-order valence-electron chi connectivity index (χ0n) is 6.62. The molecule has 0 aliphatic rings. The highest BCUT2D eigenvalue weighted by atomic mass is 19.1. The van der Waals surface area contributed by atoms with E-state index in [1.54, 1.807) is 0 Å². The molecule has 0 aliphatic heterocycles. The average Bonchev–Trinajstić information content (AvgIpc) is 2.08. The smallest absolute Gasteiger partial charge is 0.315 e. The maximum Gasteiger partial charge on any atom is 0.315 e. The predicted octanol–water partition coefficient (Wildman–Crippen LogP) is 1.05. The molecular weight excluding hydrogens is 173 g/mol.